The second-order valence-electron chi connectivity index (χ2n) is 5.66. The summed E-state index contributed by atoms with van der Waals surface area (Å²) in [4.78, 5) is 12.2. The Balaban J connectivity index is 2.12. The van der Waals surface area contributed by atoms with Crippen LogP contribution in [0.1, 0.15) is 27.0 Å². The van der Waals surface area contributed by atoms with Crippen molar-refractivity contribution in [3.63, 3.8) is 0 Å². The van der Waals surface area contributed by atoms with E-state index in [0.29, 0.717) is 33.8 Å². The van der Waals surface area contributed by atoms with Gasteiger partial charge in [-0.1, -0.05) is 0 Å². The van der Waals surface area contributed by atoms with Gasteiger partial charge in [0.05, 0.1) is 20.4 Å². The molecule has 0 spiro atoms. The van der Waals surface area contributed by atoms with Crippen molar-refractivity contribution in [2.75, 3.05) is 14.2 Å². The Morgan fingerprint density at radius 1 is 1.04 bits per heavy atom. The number of carbonyl (C=O) groups excluding carboxylic acids is 1. The van der Waals surface area contributed by atoms with Crippen molar-refractivity contribution < 1.29 is 27.8 Å². The summed E-state index contributed by atoms with van der Waals surface area (Å²) in [6.07, 6.45) is 1.42. The van der Waals surface area contributed by atoms with Gasteiger partial charge >= 0.3 is 6.61 Å². The fourth-order valence-electron chi connectivity index (χ4n) is 2.50. The number of halogens is 2. The van der Waals surface area contributed by atoms with Crippen LogP contribution in [0.15, 0.2) is 35.4 Å². The van der Waals surface area contributed by atoms with E-state index in [-0.39, 0.29) is 5.75 Å². The van der Waals surface area contributed by atoms with Crippen LogP contribution in [0.2, 0.25) is 0 Å². The lowest BCUT2D eigenvalue weighted by molar-refractivity contribution is -0.0507. The quantitative estimate of drug-likeness (QED) is 0.589. The summed E-state index contributed by atoms with van der Waals surface area (Å²) in [5.74, 6) is 0.637. The Kier molecular flexibility index (Phi) is 6.70. The lowest BCUT2D eigenvalue weighted by atomic mass is 10.1. The van der Waals surface area contributed by atoms with Crippen molar-refractivity contribution in [1.29, 1.82) is 0 Å². The van der Waals surface area contributed by atoms with Crippen molar-refractivity contribution in [3.8, 4) is 17.2 Å². The van der Waals surface area contributed by atoms with Gasteiger partial charge in [0.25, 0.3) is 5.91 Å². The number of nitrogens with one attached hydrogen (secondary N) is 1. The zero-order valence-corrected chi connectivity index (χ0v) is 15.4. The standard InChI is InChI=1S/C19H20F2N2O4/c1-11-5-13(6-12(2)17(11)27-19(20)21)10-22-23-18(24)14-7-15(25-3)9-16(8-14)26-4/h5-10,19H,1-4H3,(H,23,24)/b22-10-. The molecule has 144 valence electrons. The van der Waals surface area contributed by atoms with E-state index >= 15 is 0 Å². The topological polar surface area (TPSA) is 69.2 Å². The summed E-state index contributed by atoms with van der Waals surface area (Å²) in [6, 6.07) is 8.02. The maximum atomic E-state index is 12.4. The molecule has 0 fully saturated rings. The number of amides is 1. The SMILES string of the molecule is COc1cc(OC)cc(C(=O)N/N=C\c2cc(C)c(OC(F)F)c(C)c2)c1. The van der Waals surface area contributed by atoms with E-state index in [9.17, 15) is 13.6 Å². The molecule has 0 saturated carbocycles. The van der Waals surface area contributed by atoms with Crippen molar-refractivity contribution >= 4 is 12.1 Å². The first kappa shape index (κ1) is 20.2. The molecule has 0 aromatic heterocycles. The monoisotopic (exact) mass is 378 g/mol. The third-order valence-corrected chi connectivity index (χ3v) is 3.68. The van der Waals surface area contributed by atoms with Crippen molar-refractivity contribution in [2.24, 2.45) is 5.10 Å². The Morgan fingerprint density at radius 2 is 1.59 bits per heavy atom. The number of hydrazone groups is 1. The van der Waals surface area contributed by atoms with Gasteiger partial charge in [0.1, 0.15) is 17.2 Å². The second kappa shape index (κ2) is 8.98. The van der Waals surface area contributed by atoms with Gasteiger partial charge < -0.3 is 14.2 Å². The van der Waals surface area contributed by atoms with E-state index in [0.717, 1.165) is 0 Å². The van der Waals surface area contributed by atoms with E-state index in [1.54, 1.807) is 44.2 Å². The highest BCUT2D eigenvalue weighted by atomic mass is 19.3. The summed E-state index contributed by atoms with van der Waals surface area (Å²) < 4.78 is 39.6. The smallest absolute Gasteiger partial charge is 0.387 e. The molecule has 2 aromatic carbocycles. The van der Waals surface area contributed by atoms with Crippen LogP contribution >= 0.6 is 0 Å². The molecule has 2 rings (SSSR count). The van der Waals surface area contributed by atoms with Crippen LogP contribution in [0.3, 0.4) is 0 Å². The summed E-state index contributed by atoms with van der Waals surface area (Å²) >= 11 is 0. The summed E-state index contributed by atoms with van der Waals surface area (Å²) in [5, 5.41) is 3.91. The van der Waals surface area contributed by atoms with Crippen LogP contribution in [-0.2, 0) is 0 Å². The third-order valence-electron chi connectivity index (χ3n) is 3.68. The van der Waals surface area contributed by atoms with Crippen LogP contribution in [-0.4, -0.2) is 33.0 Å². The fourth-order valence-corrected chi connectivity index (χ4v) is 2.50. The number of rotatable bonds is 7. The highest BCUT2D eigenvalue weighted by Gasteiger charge is 2.12. The minimum absolute atomic E-state index is 0.134. The molecule has 1 N–H and O–H groups in total. The van der Waals surface area contributed by atoms with Gasteiger partial charge in [-0.05, 0) is 54.8 Å². The van der Waals surface area contributed by atoms with Crippen molar-refractivity contribution in [1.82, 2.24) is 5.43 Å². The molecule has 0 atom stereocenters. The molecular weight excluding hydrogens is 358 g/mol. The molecule has 0 saturated heterocycles. The van der Waals surface area contributed by atoms with E-state index in [1.807, 2.05) is 0 Å². The van der Waals surface area contributed by atoms with E-state index in [4.69, 9.17) is 9.47 Å². The first-order chi connectivity index (χ1) is 12.8. The molecule has 0 unspecified atom stereocenters. The molecule has 0 radical (unpaired) electrons. The average Bonchev–Trinajstić information content (AvgIpc) is 2.64. The maximum Gasteiger partial charge on any atom is 0.387 e. The lowest BCUT2D eigenvalue weighted by Crippen LogP contribution is -2.17. The number of carbonyl (C=O) groups is 1. The van der Waals surface area contributed by atoms with Crippen LogP contribution in [0, 0.1) is 13.8 Å². The Morgan fingerprint density at radius 3 is 2.07 bits per heavy atom. The minimum Gasteiger partial charge on any atom is -0.497 e. The summed E-state index contributed by atoms with van der Waals surface area (Å²) in [5.41, 5.74) is 4.44. The molecule has 0 aliphatic carbocycles. The molecule has 6 nitrogen and oxygen atoms in total. The van der Waals surface area contributed by atoms with Gasteiger partial charge in [-0.15, -0.1) is 0 Å². The van der Waals surface area contributed by atoms with Crippen LogP contribution in [0.5, 0.6) is 17.2 Å². The number of alkyl halides is 2. The Labute approximate surface area is 155 Å². The largest absolute Gasteiger partial charge is 0.497 e. The number of methoxy groups -OCH3 is 2. The van der Waals surface area contributed by atoms with E-state index in [1.165, 1.54) is 20.4 Å². The van der Waals surface area contributed by atoms with Crippen LogP contribution in [0.25, 0.3) is 0 Å². The molecule has 8 heteroatoms. The summed E-state index contributed by atoms with van der Waals surface area (Å²) in [6.45, 7) is 0.424. The predicted octanol–water partition coefficient (Wildman–Crippen LogP) is 3.69. The number of benzene rings is 2. The number of aryl methyl sites for hydroxylation is 2. The van der Waals surface area contributed by atoms with Crippen molar-refractivity contribution in [2.45, 2.75) is 20.5 Å². The lowest BCUT2D eigenvalue weighted by Gasteiger charge is -2.11. The number of nitrogens with zero attached hydrogens (tertiary/aromatic N) is 1. The molecule has 2 aromatic rings. The first-order valence-corrected chi connectivity index (χ1v) is 7.96. The van der Waals surface area contributed by atoms with Gasteiger partial charge in [0.2, 0.25) is 0 Å². The highest BCUT2D eigenvalue weighted by molar-refractivity contribution is 5.95. The fraction of sp³-hybridized carbons (Fsp3) is 0.263. The maximum absolute atomic E-state index is 12.4. The highest BCUT2D eigenvalue weighted by Crippen LogP contribution is 2.26. The Bertz CT molecular complexity index is 808. The molecule has 0 aliphatic rings. The predicted molar refractivity (Wildman–Crippen MR) is 97.2 cm³/mol. The van der Waals surface area contributed by atoms with Crippen LogP contribution < -0.4 is 19.6 Å². The zero-order chi connectivity index (χ0) is 20.0. The van der Waals surface area contributed by atoms with Crippen LogP contribution in [0.4, 0.5) is 8.78 Å². The van der Waals surface area contributed by atoms with Crippen molar-refractivity contribution in [3.05, 3.63) is 52.6 Å². The molecule has 0 aliphatic heterocycles. The molecular formula is C19H20F2N2O4. The molecule has 1 amide bonds. The second-order valence-corrected chi connectivity index (χ2v) is 5.66. The normalized spacial score (nSPS) is 10.9. The third kappa shape index (κ3) is 5.40. The average molecular weight is 378 g/mol. The minimum atomic E-state index is -2.89. The Hall–Kier alpha value is -3.16. The zero-order valence-electron chi connectivity index (χ0n) is 15.4. The van der Waals surface area contributed by atoms with E-state index < -0.39 is 12.5 Å². The molecule has 0 heterocycles. The van der Waals surface area contributed by atoms with Gasteiger partial charge in [0, 0.05) is 11.6 Å². The van der Waals surface area contributed by atoms with Gasteiger partial charge in [-0.25, -0.2) is 5.43 Å². The molecule has 0 bridgehead atoms. The number of ether oxygens (including phenoxy) is 3. The number of hydrogen-bond donors (Lipinski definition) is 1. The summed E-state index contributed by atoms with van der Waals surface area (Å²) in [7, 11) is 2.97. The van der Waals surface area contributed by atoms with Gasteiger partial charge in [-0.3, -0.25) is 4.79 Å². The van der Waals surface area contributed by atoms with Gasteiger partial charge in [0.15, 0.2) is 0 Å². The number of hydrogen-bond acceptors (Lipinski definition) is 5. The molecule has 27 heavy (non-hydrogen) atoms. The first-order valence-electron chi connectivity index (χ1n) is 7.96. The van der Waals surface area contributed by atoms with E-state index in [2.05, 4.69) is 15.3 Å². The van der Waals surface area contributed by atoms with Gasteiger partial charge in [-0.2, -0.15) is 13.9 Å².